The predicted molar refractivity (Wildman–Crippen MR) is 78.2 cm³/mol. The van der Waals surface area contributed by atoms with Gasteiger partial charge in [0.1, 0.15) is 5.69 Å². The minimum absolute atomic E-state index is 0.173. The zero-order chi connectivity index (χ0) is 15.8. The van der Waals surface area contributed by atoms with Crippen molar-refractivity contribution in [3.05, 3.63) is 18.3 Å². The molecule has 0 spiro atoms. The second kappa shape index (κ2) is 8.08. The molecule has 0 aliphatic heterocycles. The van der Waals surface area contributed by atoms with Crippen molar-refractivity contribution in [1.29, 1.82) is 0 Å². The van der Waals surface area contributed by atoms with Crippen molar-refractivity contribution in [3.8, 4) is 5.88 Å². The summed E-state index contributed by atoms with van der Waals surface area (Å²) in [5.74, 6) is -0.446. The van der Waals surface area contributed by atoms with Gasteiger partial charge in [-0.05, 0) is 26.0 Å². The van der Waals surface area contributed by atoms with E-state index in [9.17, 15) is 9.59 Å². The molecule has 7 nitrogen and oxygen atoms in total. The number of urea groups is 1. The van der Waals surface area contributed by atoms with Gasteiger partial charge in [0.2, 0.25) is 5.88 Å². The van der Waals surface area contributed by atoms with Gasteiger partial charge in [-0.2, -0.15) is 0 Å². The highest BCUT2D eigenvalue weighted by Crippen LogP contribution is 2.19. The van der Waals surface area contributed by atoms with Crippen molar-refractivity contribution in [2.75, 3.05) is 19.0 Å². The SMILES string of the molecule is COc1ncccc1NC(=O)NC[C@@H](C)C(=O)OC(C)C. The van der Waals surface area contributed by atoms with Crippen molar-refractivity contribution >= 4 is 17.7 Å². The molecule has 1 heterocycles. The Kier molecular flexibility index (Phi) is 6.45. The van der Waals surface area contributed by atoms with Gasteiger partial charge in [0.05, 0.1) is 19.1 Å². The van der Waals surface area contributed by atoms with Crippen molar-refractivity contribution in [3.63, 3.8) is 0 Å². The number of aromatic nitrogens is 1. The van der Waals surface area contributed by atoms with Gasteiger partial charge in [-0.3, -0.25) is 4.79 Å². The maximum absolute atomic E-state index is 11.8. The number of nitrogens with zero attached hydrogens (tertiary/aromatic N) is 1. The minimum Gasteiger partial charge on any atom is -0.480 e. The number of esters is 1. The smallest absolute Gasteiger partial charge is 0.319 e. The van der Waals surface area contributed by atoms with Crippen LogP contribution in [0.5, 0.6) is 5.88 Å². The van der Waals surface area contributed by atoms with E-state index in [0.29, 0.717) is 11.6 Å². The van der Waals surface area contributed by atoms with Gasteiger partial charge in [0.15, 0.2) is 0 Å². The fraction of sp³-hybridized carbons (Fsp3) is 0.500. The molecule has 0 saturated heterocycles. The van der Waals surface area contributed by atoms with E-state index in [1.54, 1.807) is 39.1 Å². The molecule has 0 saturated carbocycles. The van der Waals surface area contributed by atoms with Gasteiger partial charge in [-0.25, -0.2) is 9.78 Å². The lowest BCUT2D eigenvalue weighted by Crippen LogP contribution is -2.35. The standard InChI is InChI=1S/C14H21N3O4/c1-9(2)21-13(18)10(3)8-16-14(19)17-11-6-5-7-15-12(11)20-4/h5-7,9-10H,8H2,1-4H3,(H2,16,17,19)/t10-/m1/s1. The van der Waals surface area contributed by atoms with Gasteiger partial charge in [0, 0.05) is 12.7 Å². The Morgan fingerprint density at radius 2 is 2.05 bits per heavy atom. The second-order valence-electron chi connectivity index (χ2n) is 4.78. The third kappa shape index (κ3) is 5.68. The van der Waals surface area contributed by atoms with Crippen LogP contribution in [-0.4, -0.2) is 36.7 Å². The number of ether oxygens (including phenoxy) is 2. The zero-order valence-electron chi connectivity index (χ0n) is 12.7. The Hall–Kier alpha value is -2.31. The number of methoxy groups -OCH3 is 1. The average molecular weight is 295 g/mol. The monoisotopic (exact) mass is 295 g/mol. The Bertz CT molecular complexity index is 491. The van der Waals surface area contributed by atoms with E-state index in [2.05, 4.69) is 15.6 Å². The summed E-state index contributed by atoms with van der Waals surface area (Å²) in [6.45, 7) is 5.43. The molecule has 0 aliphatic carbocycles. The summed E-state index contributed by atoms with van der Waals surface area (Å²) in [6, 6.07) is 2.91. The highest BCUT2D eigenvalue weighted by molar-refractivity contribution is 5.90. The fourth-order valence-corrected chi connectivity index (χ4v) is 1.49. The third-order valence-electron chi connectivity index (χ3n) is 2.54. The third-order valence-corrected chi connectivity index (χ3v) is 2.54. The molecular formula is C14H21N3O4. The van der Waals surface area contributed by atoms with E-state index in [1.807, 2.05) is 0 Å². The predicted octanol–water partition coefficient (Wildman–Crippen LogP) is 1.80. The van der Waals surface area contributed by atoms with Crippen molar-refractivity contribution in [2.24, 2.45) is 5.92 Å². The number of anilines is 1. The molecule has 7 heteroatoms. The summed E-state index contributed by atoms with van der Waals surface area (Å²) < 4.78 is 10.1. The molecule has 0 bridgehead atoms. The summed E-state index contributed by atoms with van der Waals surface area (Å²) in [4.78, 5) is 27.3. The van der Waals surface area contributed by atoms with E-state index < -0.39 is 11.9 Å². The first kappa shape index (κ1) is 16.7. The highest BCUT2D eigenvalue weighted by Gasteiger charge is 2.17. The number of rotatable bonds is 6. The van der Waals surface area contributed by atoms with Gasteiger partial charge >= 0.3 is 12.0 Å². The molecule has 0 radical (unpaired) electrons. The van der Waals surface area contributed by atoms with E-state index >= 15 is 0 Å². The van der Waals surface area contributed by atoms with E-state index in [4.69, 9.17) is 9.47 Å². The molecule has 2 N–H and O–H groups in total. The molecule has 1 aromatic rings. The number of hydrogen-bond donors (Lipinski definition) is 2. The fourth-order valence-electron chi connectivity index (χ4n) is 1.49. The van der Waals surface area contributed by atoms with Gasteiger partial charge in [-0.15, -0.1) is 0 Å². The quantitative estimate of drug-likeness (QED) is 0.781. The van der Waals surface area contributed by atoms with Gasteiger partial charge < -0.3 is 20.1 Å². The normalized spacial score (nSPS) is 11.7. The van der Waals surface area contributed by atoms with Crippen molar-refractivity contribution < 1.29 is 19.1 Å². The molecule has 1 rings (SSSR count). The summed E-state index contributed by atoms with van der Waals surface area (Å²) >= 11 is 0. The van der Waals surface area contributed by atoms with Crippen LogP contribution in [0.25, 0.3) is 0 Å². The summed E-state index contributed by atoms with van der Waals surface area (Å²) in [5, 5.41) is 5.21. The van der Waals surface area contributed by atoms with Crippen molar-refractivity contribution in [1.82, 2.24) is 10.3 Å². The van der Waals surface area contributed by atoms with Crippen LogP contribution < -0.4 is 15.4 Å². The van der Waals surface area contributed by atoms with E-state index in [-0.39, 0.29) is 18.6 Å². The average Bonchev–Trinajstić information content (AvgIpc) is 2.44. The van der Waals surface area contributed by atoms with E-state index in [0.717, 1.165) is 0 Å². The Morgan fingerprint density at radius 3 is 2.67 bits per heavy atom. The lowest BCUT2D eigenvalue weighted by atomic mass is 10.2. The van der Waals surface area contributed by atoms with Crippen LogP contribution in [0.15, 0.2) is 18.3 Å². The van der Waals surface area contributed by atoms with Crippen LogP contribution in [0.3, 0.4) is 0 Å². The number of nitrogens with one attached hydrogen (secondary N) is 2. The van der Waals surface area contributed by atoms with Crippen LogP contribution in [-0.2, 0) is 9.53 Å². The first-order chi connectivity index (χ1) is 9.93. The molecule has 0 fully saturated rings. The summed E-state index contributed by atoms with van der Waals surface area (Å²) in [5.41, 5.74) is 0.454. The zero-order valence-corrected chi connectivity index (χ0v) is 12.7. The van der Waals surface area contributed by atoms with Gasteiger partial charge in [-0.1, -0.05) is 6.92 Å². The van der Waals surface area contributed by atoms with E-state index in [1.165, 1.54) is 7.11 Å². The highest BCUT2D eigenvalue weighted by atomic mass is 16.5. The number of hydrogen-bond acceptors (Lipinski definition) is 5. The topological polar surface area (TPSA) is 89.5 Å². The molecule has 1 aromatic heterocycles. The van der Waals surface area contributed by atoms with Crippen LogP contribution in [0.4, 0.5) is 10.5 Å². The molecule has 0 aliphatic rings. The Morgan fingerprint density at radius 1 is 1.33 bits per heavy atom. The van der Waals surface area contributed by atoms with Crippen LogP contribution >= 0.6 is 0 Å². The molecule has 1 atom stereocenters. The first-order valence-electron chi connectivity index (χ1n) is 6.68. The molecule has 116 valence electrons. The molecule has 0 unspecified atom stereocenters. The van der Waals surface area contributed by atoms with Crippen LogP contribution in [0, 0.1) is 5.92 Å². The Balaban J connectivity index is 2.45. The first-order valence-corrected chi connectivity index (χ1v) is 6.68. The largest absolute Gasteiger partial charge is 0.480 e. The molecular weight excluding hydrogens is 274 g/mol. The van der Waals surface area contributed by atoms with Crippen molar-refractivity contribution in [2.45, 2.75) is 26.9 Å². The lowest BCUT2D eigenvalue weighted by molar-refractivity contribution is -0.151. The maximum atomic E-state index is 11.8. The van der Waals surface area contributed by atoms with Gasteiger partial charge in [0.25, 0.3) is 0 Å². The number of pyridine rings is 1. The molecule has 2 amide bonds. The van der Waals surface area contributed by atoms with Crippen LogP contribution in [0.2, 0.25) is 0 Å². The molecule has 21 heavy (non-hydrogen) atoms. The summed E-state index contributed by atoms with van der Waals surface area (Å²) in [7, 11) is 1.47. The minimum atomic E-state index is -0.439. The summed E-state index contributed by atoms with van der Waals surface area (Å²) in [6.07, 6.45) is 1.39. The second-order valence-corrected chi connectivity index (χ2v) is 4.78. The number of carbonyl (C=O) groups excluding carboxylic acids is 2. The number of amides is 2. The maximum Gasteiger partial charge on any atom is 0.319 e. The number of carbonyl (C=O) groups is 2. The Labute approximate surface area is 124 Å². The lowest BCUT2D eigenvalue weighted by Gasteiger charge is -2.15. The van der Waals surface area contributed by atoms with Crippen LogP contribution in [0.1, 0.15) is 20.8 Å². The molecule has 0 aromatic carbocycles.